The maximum Gasteiger partial charge on any atom is 0.0470 e. The zero-order valence-electron chi connectivity index (χ0n) is 11.1. The summed E-state index contributed by atoms with van der Waals surface area (Å²) >= 11 is 0. The van der Waals surface area contributed by atoms with Crippen LogP contribution in [-0.4, -0.2) is 24.5 Å². The third-order valence-electron chi connectivity index (χ3n) is 3.16. The number of rotatable bonds is 4. The van der Waals surface area contributed by atoms with Gasteiger partial charge in [-0.15, -0.1) is 0 Å². The highest BCUT2D eigenvalue weighted by molar-refractivity contribution is 5.31. The average Bonchev–Trinajstić information content (AvgIpc) is 2.16. The van der Waals surface area contributed by atoms with Crippen molar-refractivity contribution in [3.8, 4) is 0 Å². The van der Waals surface area contributed by atoms with Crippen molar-refractivity contribution in [2.24, 2.45) is 5.73 Å². The Morgan fingerprint density at radius 1 is 1.12 bits per heavy atom. The second-order valence-electron chi connectivity index (χ2n) is 4.93. The molecule has 0 aliphatic carbocycles. The van der Waals surface area contributed by atoms with E-state index in [0.717, 1.165) is 0 Å². The Hall–Kier alpha value is -0.860. The van der Waals surface area contributed by atoms with Crippen molar-refractivity contribution in [2.75, 3.05) is 13.6 Å². The largest absolute Gasteiger partial charge is 0.329 e. The number of likely N-dealkylation sites (N-methyl/N-ethyl adjacent to an activating group) is 1. The molecule has 0 amide bonds. The molecule has 1 unspecified atom stereocenters. The van der Waals surface area contributed by atoms with Gasteiger partial charge in [0.1, 0.15) is 0 Å². The quantitative estimate of drug-likeness (QED) is 0.845. The topological polar surface area (TPSA) is 29.3 Å². The molecule has 0 aromatic heterocycles. The van der Waals surface area contributed by atoms with E-state index in [1.165, 1.54) is 16.7 Å². The van der Waals surface area contributed by atoms with Crippen LogP contribution in [0.2, 0.25) is 0 Å². The van der Waals surface area contributed by atoms with E-state index in [9.17, 15) is 0 Å². The second kappa shape index (κ2) is 5.46. The Labute approximate surface area is 99.5 Å². The summed E-state index contributed by atoms with van der Waals surface area (Å²) in [5.74, 6) is 0. The molecular formula is C14H24N2. The first-order valence-electron chi connectivity index (χ1n) is 5.96. The Bertz CT molecular complexity index is 324. The predicted octanol–water partition coefficient (Wildman–Crippen LogP) is 2.64. The Morgan fingerprint density at radius 3 is 2.00 bits per heavy atom. The molecule has 16 heavy (non-hydrogen) atoms. The highest BCUT2D eigenvalue weighted by Crippen LogP contribution is 2.22. The molecule has 2 N–H and O–H groups in total. The molecule has 0 aliphatic heterocycles. The minimum Gasteiger partial charge on any atom is -0.329 e. The SMILES string of the molecule is Cc1cc(C)cc(C(CN)N(C)C(C)C)c1. The van der Waals surface area contributed by atoms with Crippen LogP contribution in [0, 0.1) is 13.8 Å². The van der Waals surface area contributed by atoms with Crippen molar-refractivity contribution >= 4 is 0 Å². The van der Waals surface area contributed by atoms with Crippen LogP contribution in [-0.2, 0) is 0 Å². The number of nitrogens with two attached hydrogens (primary N) is 1. The molecular weight excluding hydrogens is 196 g/mol. The minimum absolute atomic E-state index is 0.318. The molecule has 0 radical (unpaired) electrons. The molecule has 0 bridgehead atoms. The summed E-state index contributed by atoms with van der Waals surface area (Å²) < 4.78 is 0. The van der Waals surface area contributed by atoms with Gasteiger partial charge in [-0.05, 0) is 40.3 Å². The smallest absolute Gasteiger partial charge is 0.0470 e. The van der Waals surface area contributed by atoms with Crippen molar-refractivity contribution in [1.29, 1.82) is 0 Å². The summed E-state index contributed by atoms with van der Waals surface area (Å²) in [5.41, 5.74) is 9.85. The van der Waals surface area contributed by atoms with Crippen molar-refractivity contribution < 1.29 is 0 Å². The average molecular weight is 220 g/mol. The summed E-state index contributed by atoms with van der Waals surface area (Å²) in [6, 6.07) is 7.51. The zero-order chi connectivity index (χ0) is 12.3. The number of hydrogen-bond acceptors (Lipinski definition) is 2. The van der Waals surface area contributed by atoms with Gasteiger partial charge in [0.25, 0.3) is 0 Å². The van der Waals surface area contributed by atoms with Crippen LogP contribution in [0.25, 0.3) is 0 Å². The first-order valence-corrected chi connectivity index (χ1v) is 5.96. The number of aryl methyl sites for hydroxylation is 2. The molecule has 0 spiro atoms. The lowest BCUT2D eigenvalue weighted by molar-refractivity contribution is 0.201. The molecule has 2 heteroatoms. The highest BCUT2D eigenvalue weighted by Gasteiger charge is 2.17. The van der Waals surface area contributed by atoms with E-state index in [2.05, 4.69) is 57.8 Å². The molecule has 1 aromatic rings. The maximum atomic E-state index is 5.90. The van der Waals surface area contributed by atoms with E-state index in [-0.39, 0.29) is 0 Å². The summed E-state index contributed by atoms with van der Waals surface area (Å²) in [6.07, 6.45) is 0. The van der Waals surface area contributed by atoms with Gasteiger partial charge in [-0.1, -0.05) is 29.3 Å². The van der Waals surface area contributed by atoms with Crippen molar-refractivity contribution in [1.82, 2.24) is 4.90 Å². The first kappa shape index (κ1) is 13.2. The van der Waals surface area contributed by atoms with Crippen molar-refractivity contribution in [3.05, 3.63) is 34.9 Å². The number of hydrogen-bond donors (Lipinski definition) is 1. The monoisotopic (exact) mass is 220 g/mol. The molecule has 2 nitrogen and oxygen atoms in total. The van der Waals surface area contributed by atoms with Crippen LogP contribution in [0.5, 0.6) is 0 Å². The summed E-state index contributed by atoms with van der Waals surface area (Å²) in [7, 11) is 2.14. The van der Waals surface area contributed by atoms with Gasteiger partial charge >= 0.3 is 0 Å². The van der Waals surface area contributed by atoms with Gasteiger partial charge < -0.3 is 5.73 Å². The van der Waals surface area contributed by atoms with E-state index in [0.29, 0.717) is 18.6 Å². The summed E-state index contributed by atoms with van der Waals surface area (Å²) in [6.45, 7) is 9.34. The Kier molecular flexibility index (Phi) is 4.51. The lowest BCUT2D eigenvalue weighted by Crippen LogP contribution is -2.35. The van der Waals surface area contributed by atoms with Gasteiger partial charge in [0, 0.05) is 18.6 Å². The van der Waals surface area contributed by atoms with E-state index in [1.807, 2.05) is 0 Å². The van der Waals surface area contributed by atoms with Crippen LogP contribution < -0.4 is 5.73 Å². The second-order valence-corrected chi connectivity index (χ2v) is 4.93. The fourth-order valence-corrected chi connectivity index (χ4v) is 2.10. The standard InChI is InChI=1S/C14H24N2/c1-10(2)16(5)14(9-15)13-7-11(3)6-12(4)8-13/h6-8,10,14H,9,15H2,1-5H3. The molecule has 0 heterocycles. The van der Waals surface area contributed by atoms with E-state index >= 15 is 0 Å². The van der Waals surface area contributed by atoms with E-state index in [1.54, 1.807) is 0 Å². The Morgan fingerprint density at radius 2 is 1.62 bits per heavy atom. The van der Waals surface area contributed by atoms with Gasteiger partial charge in [-0.3, -0.25) is 4.90 Å². The molecule has 1 aromatic carbocycles. The third kappa shape index (κ3) is 3.06. The van der Waals surface area contributed by atoms with Crippen LogP contribution in [0.15, 0.2) is 18.2 Å². The van der Waals surface area contributed by atoms with Gasteiger partial charge in [-0.2, -0.15) is 0 Å². The number of nitrogens with zero attached hydrogens (tertiary/aromatic N) is 1. The molecule has 0 fully saturated rings. The van der Waals surface area contributed by atoms with Gasteiger partial charge in [-0.25, -0.2) is 0 Å². The fraction of sp³-hybridized carbons (Fsp3) is 0.571. The predicted molar refractivity (Wildman–Crippen MR) is 70.6 cm³/mol. The molecule has 1 atom stereocenters. The lowest BCUT2D eigenvalue weighted by atomic mass is 9.99. The van der Waals surface area contributed by atoms with Crippen LogP contribution in [0.4, 0.5) is 0 Å². The third-order valence-corrected chi connectivity index (χ3v) is 3.16. The lowest BCUT2D eigenvalue weighted by Gasteiger charge is -2.31. The fourth-order valence-electron chi connectivity index (χ4n) is 2.10. The van der Waals surface area contributed by atoms with Crippen molar-refractivity contribution in [2.45, 2.75) is 39.8 Å². The van der Waals surface area contributed by atoms with E-state index in [4.69, 9.17) is 5.73 Å². The molecule has 1 rings (SSSR count). The van der Waals surface area contributed by atoms with Gasteiger partial charge in [0.15, 0.2) is 0 Å². The normalized spacial score (nSPS) is 13.5. The van der Waals surface area contributed by atoms with Crippen LogP contribution in [0.1, 0.15) is 36.6 Å². The Balaban J connectivity index is 3.03. The summed E-state index contributed by atoms with van der Waals surface area (Å²) in [4.78, 5) is 2.33. The zero-order valence-corrected chi connectivity index (χ0v) is 11.1. The van der Waals surface area contributed by atoms with Gasteiger partial charge in [0.2, 0.25) is 0 Å². The van der Waals surface area contributed by atoms with Gasteiger partial charge in [0.05, 0.1) is 0 Å². The minimum atomic E-state index is 0.318. The highest BCUT2D eigenvalue weighted by atomic mass is 15.2. The molecule has 0 saturated carbocycles. The maximum absolute atomic E-state index is 5.90. The molecule has 90 valence electrons. The van der Waals surface area contributed by atoms with E-state index < -0.39 is 0 Å². The number of benzene rings is 1. The summed E-state index contributed by atoms with van der Waals surface area (Å²) in [5, 5.41) is 0. The van der Waals surface area contributed by atoms with Crippen LogP contribution >= 0.6 is 0 Å². The van der Waals surface area contributed by atoms with Crippen LogP contribution in [0.3, 0.4) is 0 Å². The first-order chi connectivity index (χ1) is 7.45. The molecule has 0 saturated heterocycles. The molecule has 0 aliphatic rings. The van der Waals surface area contributed by atoms with Crippen molar-refractivity contribution in [3.63, 3.8) is 0 Å².